The zero-order valence-electron chi connectivity index (χ0n) is 20.0. The lowest BCUT2D eigenvalue weighted by Crippen LogP contribution is -2.29. The first-order chi connectivity index (χ1) is 17.2. The maximum Gasteiger partial charge on any atom is 0.251 e. The third-order valence-corrected chi connectivity index (χ3v) is 6.57. The monoisotopic (exact) mass is 470 g/mol. The first-order valence-electron chi connectivity index (χ1n) is 12.0. The number of methoxy groups -OCH3 is 2. The number of H-pyrrole nitrogens is 1. The summed E-state index contributed by atoms with van der Waals surface area (Å²) in [6.07, 6.45) is 4.50. The minimum atomic E-state index is -0.152. The second-order valence-corrected chi connectivity index (χ2v) is 8.91. The van der Waals surface area contributed by atoms with Crippen molar-refractivity contribution in [2.75, 3.05) is 27.4 Å². The van der Waals surface area contributed by atoms with Gasteiger partial charge >= 0.3 is 0 Å². The molecule has 1 atom stereocenters. The third-order valence-electron chi connectivity index (χ3n) is 6.57. The van der Waals surface area contributed by atoms with E-state index in [0.29, 0.717) is 29.5 Å². The van der Waals surface area contributed by atoms with Crippen LogP contribution in [0.15, 0.2) is 72.9 Å². The summed E-state index contributed by atoms with van der Waals surface area (Å²) in [5.41, 5.74) is 3.67. The predicted octanol–water partition coefficient (Wildman–Crippen LogP) is 5.54. The van der Waals surface area contributed by atoms with Gasteiger partial charge in [0.1, 0.15) is 5.75 Å². The SMILES string of the molecule is COc1cccc(C(CNC(=O)c2ccc(OCC3CC3)cc2)c2c[nH]c3ccccc23)c1OC. The zero-order valence-corrected chi connectivity index (χ0v) is 20.0. The van der Waals surface area contributed by atoms with Gasteiger partial charge in [0.25, 0.3) is 5.91 Å². The number of benzene rings is 3. The Morgan fingerprint density at radius 2 is 1.77 bits per heavy atom. The van der Waals surface area contributed by atoms with Crippen LogP contribution < -0.4 is 19.5 Å². The Bertz CT molecular complexity index is 1310. The Morgan fingerprint density at radius 3 is 2.51 bits per heavy atom. The van der Waals surface area contributed by atoms with Crippen LogP contribution in [0.5, 0.6) is 17.2 Å². The number of rotatable bonds is 10. The van der Waals surface area contributed by atoms with E-state index in [4.69, 9.17) is 14.2 Å². The summed E-state index contributed by atoms with van der Waals surface area (Å²) in [6, 6.07) is 21.3. The number of carbonyl (C=O) groups excluding carboxylic acids is 1. The van der Waals surface area contributed by atoms with Crippen LogP contribution in [0.4, 0.5) is 0 Å². The molecule has 1 aromatic heterocycles. The third kappa shape index (κ3) is 4.97. The number of hydrogen-bond acceptors (Lipinski definition) is 4. The van der Waals surface area contributed by atoms with Crippen LogP contribution in [-0.4, -0.2) is 38.3 Å². The molecule has 4 aromatic rings. The van der Waals surface area contributed by atoms with Gasteiger partial charge in [-0.05, 0) is 60.7 Å². The smallest absolute Gasteiger partial charge is 0.251 e. The van der Waals surface area contributed by atoms with Gasteiger partial charge in [-0.25, -0.2) is 0 Å². The molecule has 2 N–H and O–H groups in total. The van der Waals surface area contributed by atoms with E-state index >= 15 is 0 Å². The van der Waals surface area contributed by atoms with E-state index in [1.165, 1.54) is 12.8 Å². The molecule has 0 spiro atoms. The molecule has 180 valence electrons. The molecule has 1 aliphatic carbocycles. The summed E-state index contributed by atoms with van der Waals surface area (Å²) in [5, 5.41) is 4.23. The van der Waals surface area contributed by atoms with Gasteiger partial charge in [0.2, 0.25) is 0 Å². The van der Waals surface area contributed by atoms with Crippen molar-refractivity contribution in [3.8, 4) is 17.2 Å². The quantitative estimate of drug-likeness (QED) is 0.319. The minimum Gasteiger partial charge on any atom is -0.493 e. The standard InChI is InChI=1S/C29H30N2O4/c1-33-27-9-5-7-23(28(27)34-2)25(24-16-30-26-8-4-3-6-22(24)26)17-31-29(32)20-12-14-21(15-13-20)35-18-19-10-11-19/h3-9,12-16,19,25,30H,10-11,17-18H2,1-2H3,(H,31,32). The molecule has 5 rings (SSSR count). The van der Waals surface area contributed by atoms with Gasteiger partial charge in [-0.3, -0.25) is 4.79 Å². The van der Waals surface area contributed by atoms with Crippen molar-refractivity contribution >= 4 is 16.8 Å². The molecule has 1 heterocycles. The Morgan fingerprint density at radius 1 is 0.971 bits per heavy atom. The average Bonchev–Trinajstić information content (AvgIpc) is 3.65. The first-order valence-corrected chi connectivity index (χ1v) is 12.0. The zero-order chi connectivity index (χ0) is 24.2. The molecule has 3 aromatic carbocycles. The van der Waals surface area contributed by atoms with Crippen LogP contribution in [0.1, 0.15) is 40.2 Å². The molecule has 0 radical (unpaired) electrons. The van der Waals surface area contributed by atoms with Gasteiger partial charge in [-0.1, -0.05) is 30.3 Å². The van der Waals surface area contributed by atoms with Crippen molar-refractivity contribution in [2.24, 2.45) is 5.92 Å². The Kier molecular flexibility index (Phi) is 6.62. The molecule has 0 saturated heterocycles. The molecule has 0 aliphatic heterocycles. The van der Waals surface area contributed by atoms with Gasteiger partial charge in [-0.15, -0.1) is 0 Å². The lowest BCUT2D eigenvalue weighted by molar-refractivity contribution is 0.0952. The van der Waals surface area contributed by atoms with Crippen LogP contribution in [0, 0.1) is 5.92 Å². The summed E-state index contributed by atoms with van der Waals surface area (Å²) in [4.78, 5) is 16.4. The molecule has 35 heavy (non-hydrogen) atoms. The number of ether oxygens (including phenoxy) is 3. The highest BCUT2D eigenvalue weighted by molar-refractivity contribution is 5.94. The van der Waals surface area contributed by atoms with E-state index in [2.05, 4.69) is 16.4 Å². The number of nitrogens with one attached hydrogen (secondary N) is 2. The van der Waals surface area contributed by atoms with Gasteiger partial charge in [0.15, 0.2) is 11.5 Å². The fourth-order valence-corrected chi connectivity index (χ4v) is 4.45. The second-order valence-electron chi connectivity index (χ2n) is 8.91. The minimum absolute atomic E-state index is 0.134. The lowest BCUT2D eigenvalue weighted by atomic mass is 9.89. The molecule has 0 bridgehead atoms. The molecule has 1 unspecified atom stereocenters. The normalized spacial score (nSPS) is 13.9. The number of para-hydroxylation sites is 2. The summed E-state index contributed by atoms with van der Waals surface area (Å²) in [6.45, 7) is 1.14. The highest BCUT2D eigenvalue weighted by Crippen LogP contribution is 2.40. The van der Waals surface area contributed by atoms with Crippen molar-refractivity contribution in [3.63, 3.8) is 0 Å². The van der Waals surface area contributed by atoms with Gasteiger partial charge in [-0.2, -0.15) is 0 Å². The largest absolute Gasteiger partial charge is 0.493 e. The second kappa shape index (κ2) is 10.1. The molecule has 1 amide bonds. The Hall–Kier alpha value is -3.93. The van der Waals surface area contributed by atoms with Gasteiger partial charge in [0, 0.05) is 40.7 Å². The maximum absolute atomic E-state index is 13.1. The fraction of sp³-hybridized carbons (Fsp3) is 0.276. The summed E-state index contributed by atoms with van der Waals surface area (Å²) >= 11 is 0. The summed E-state index contributed by atoms with van der Waals surface area (Å²) in [5.74, 6) is 2.52. The van der Waals surface area contributed by atoms with Crippen molar-refractivity contribution in [2.45, 2.75) is 18.8 Å². The van der Waals surface area contributed by atoms with E-state index in [-0.39, 0.29) is 11.8 Å². The topological polar surface area (TPSA) is 72.6 Å². The molecule has 1 saturated carbocycles. The van der Waals surface area contributed by atoms with E-state index < -0.39 is 0 Å². The number of aromatic amines is 1. The van der Waals surface area contributed by atoms with Crippen LogP contribution >= 0.6 is 0 Å². The molecule has 6 heteroatoms. The number of amides is 1. The Labute approximate surface area is 205 Å². The lowest BCUT2D eigenvalue weighted by Gasteiger charge is -2.22. The summed E-state index contributed by atoms with van der Waals surface area (Å²) in [7, 11) is 3.27. The number of fused-ring (bicyclic) bond motifs is 1. The van der Waals surface area contributed by atoms with Crippen LogP contribution in [0.25, 0.3) is 10.9 Å². The number of aromatic nitrogens is 1. The van der Waals surface area contributed by atoms with Crippen LogP contribution in [0.3, 0.4) is 0 Å². The van der Waals surface area contributed by atoms with E-state index in [1.54, 1.807) is 14.2 Å². The first kappa shape index (κ1) is 22.8. The van der Waals surface area contributed by atoms with Crippen molar-refractivity contribution in [1.29, 1.82) is 0 Å². The molecule has 1 aliphatic rings. The van der Waals surface area contributed by atoms with Crippen molar-refractivity contribution in [3.05, 3.63) is 89.6 Å². The van der Waals surface area contributed by atoms with Gasteiger partial charge < -0.3 is 24.5 Å². The fourth-order valence-electron chi connectivity index (χ4n) is 4.45. The molecular formula is C29H30N2O4. The van der Waals surface area contributed by atoms with Crippen molar-refractivity contribution < 1.29 is 19.0 Å². The number of carbonyl (C=O) groups is 1. The van der Waals surface area contributed by atoms with Gasteiger partial charge in [0.05, 0.1) is 20.8 Å². The molecular weight excluding hydrogens is 440 g/mol. The van der Waals surface area contributed by atoms with E-state index in [9.17, 15) is 4.79 Å². The van der Waals surface area contributed by atoms with E-state index in [0.717, 1.165) is 34.4 Å². The highest BCUT2D eigenvalue weighted by Gasteiger charge is 2.25. The molecule has 6 nitrogen and oxygen atoms in total. The van der Waals surface area contributed by atoms with Crippen LogP contribution in [0.2, 0.25) is 0 Å². The molecule has 1 fully saturated rings. The predicted molar refractivity (Wildman–Crippen MR) is 137 cm³/mol. The van der Waals surface area contributed by atoms with Crippen molar-refractivity contribution in [1.82, 2.24) is 10.3 Å². The van der Waals surface area contributed by atoms with E-state index in [1.807, 2.05) is 66.9 Å². The maximum atomic E-state index is 13.1. The number of hydrogen-bond donors (Lipinski definition) is 2. The van der Waals surface area contributed by atoms with Crippen LogP contribution in [-0.2, 0) is 0 Å². The highest BCUT2D eigenvalue weighted by atomic mass is 16.5. The average molecular weight is 471 g/mol. The Balaban J connectivity index is 1.40. The summed E-state index contributed by atoms with van der Waals surface area (Å²) < 4.78 is 17.1.